The molecule has 3 N–H and O–H groups in total. The highest BCUT2D eigenvalue weighted by atomic mass is 35.5. The predicted molar refractivity (Wildman–Crippen MR) is 69.3 cm³/mol. The second kappa shape index (κ2) is 5.07. The molecule has 2 unspecified atom stereocenters. The van der Waals surface area contributed by atoms with Crippen LogP contribution in [0.15, 0.2) is 18.2 Å². The average molecular weight is 253 g/mol. The number of benzene rings is 1. The third kappa shape index (κ3) is 2.79. The largest absolute Gasteiger partial charge is 0.348 e. The molecule has 0 aliphatic heterocycles. The van der Waals surface area contributed by atoms with Crippen molar-refractivity contribution in [2.45, 2.75) is 38.3 Å². The van der Waals surface area contributed by atoms with Gasteiger partial charge in [0.1, 0.15) is 0 Å². The minimum atomic E-state index is -0.0887. The van der Waals surface area contributed by atoms with Crippen molar-refractivity contribution in [1.82, 2.24) is 5.32 Å². The van der Waals surface area contributed by atoms with E-state index in [0.717, 1.165) is 24.8 Å². The summed E-state index contributed by atoms with van der Waals surface area (Å²) in [6.45, 7) is 1.91. The van der Waals surface area contributed by atoms with Gasteiger partial charge in [0.25, 0.3) is 5.91 Å². The van der Waals surface area contributed by atoms with E-state index < -0.39 is 0 Å². The Kier molecular flexibility index (Phi) is 3.69. The van der Waals surface area contributed by atoms with Gasteiger partial charge in [0.2, 0.25) is 0 Å². The van der Waals surface area contributed by atoms with Crippen LogP contribution >= 0.6 is 11.6 Å². The quantitative estimate of drug-likeness (QED) is 0.848. The van der Waals surface area contributed by atoms with E-state index >= 15 is 0 Å². The van der Waals surface area contributed by atoms with Crippen molar-refractivity contribution in [2.24, 2.45) is 5.73 Å². The van der Waals surface area contributed by atoms with E-state index in [-0.39, 0.29) is 18.0 Å². The Morgan fingerprint density at radius 3 is 2.82 bits per heavy atom. The molecule has 1 saturated carbocycles. The maximum atomic E-state index is 12.0. The summed E-state index contributed by atoms with van der Waals surface area (Å²) in [5, 5.41) is 3.59. The highest BCUT2D eigenvalue weighted by Gasteiger charge is 2.25. The van der Waals surface area contributed by atoms with Crippen LogP contribution in [0.25, 0.3) is 0 Å². The number of halogens is 1. The van der Waals surface area contributed by atoms with Gasteiger partial charge in [0.15, 0.2) is 0 Å². The van der Waals surface area contributed by atoms with Crippen LogP contribution in [0.1, 0.15) is 35.2 Å². The molecule has 0 heterocycles. The normalized spacial score (nSPS) is 23.7. The monoisotopic (exact) mass is 252 g/mol. The molecular formula is C13H17ClN2O. The fourth-order valence-electron chi connectivity index (χ4n) is 2.15. The van der Waals surface area contributed by atoms with Crippen LogP contribution in [0, 0.1) is 6.92 Å². The average Bonchev–Trinajstić information content (AvgIpc) is 2.68. The van der Waals surface area contributed by atoms with Gasteiger partial charge in [-0.3, -0.25) is 4.79 Å². The summed E-state index contributed by atoms with van der Waals surface area (Å²) in [5.74, 6) is -0.0887. The Morgan fingerprint density at radius 2 is 2.24 bits per heavy atom. The number of hydrogen-bond donors (Lipinski definition) is 2. The second-order valence-corrected chi connectivity index (χ2v) is 5.05. The molecule has 0 spiro atoms. The minimum absolute atomic E-state index is 0.0832. The molecule has 0 saturated heterocycles. The van der Waals surface area contributed by atoms with Crippen LogP contribution < -0.4 is 11.1 Å². The molecule has 1 fully saturated rings. The van der Waals surface area contributed by atoms with Crippen LogP contribution in [0.4, 0.5) is 0 Å². The van der Waals surface area contributed by atoms with Crippen molar-refractivity contribution < 1.29 is 4.79 Å². The van der Waals surface area contributed by atoms with E-state index in [0.29, 0.717) is 10.6 Å². The standard InChI is InChI=1S/C13H17ClN2O/c1-8-5-6-9(7-10(8)14)13(17)16-12-4-2-3-11(12)15/h5-7,11-12H,2-4,15H2,1H3,(H,16,17). The number of carbonyl (C=O) groups excluding carboxylic acids is 1. The topological polar surface area (TPSA) is 55.1 Å². The van der Waals surface area contributed by atoms with Gasteiger partial charge >= 0.3 is 0 Å². The Balaban J connectivity index is 2.06. The van der Waals surface area contributed by atoms with Crippen molar-refractivity contribution >= 4 is 17.5 Å². The summed E-state index contributed by atoms with van der Waals surface area (Å²) in [6, 6.07) is 5.53. The first kappa shape index (κ1) is 12.4. The third-order valence-electron chi connectivity index (χ3n) is 3.32. The summed E-state index contributed by atoms with van der Waals surface area (Å²) in [4.78, 5) is 12.0. The zero-order chi connectivity index (χ0) is 12.4. The molecule has 1 aromatic carbocycles. The SMILES string of the molecule is Cc1ccc(C(=O)NC2CCCC2N)cc1Cl. The minimum Gasteiger partial charge on any atom is -0.348 e. The first-order chi connectivity index (χ1) is 8.08. The molecule has 2 rings (SSSR count). The highest BCUT2D eigenvalue weighted by Crippen LogP contribution is 2.19. The Morgan fingerprint density at radius 1 is 1.47 bits per heavy atom. The van der Waals surface area contributed by atoms with Gasteiger partial charge in [-0.1, -0.05) is 17.7 Å². The molecule has 0 aromatic heterocycles. The van der Waals surface area contributed by atoms with Crippen molar-refractivity contribution in [2.75, 3.05) is 0 Å². The number of carbonyl (C=O) groups is 1. The summed E-state index contributed by atoms with van der Waals surface area (Å²) in [5.41, 5.74) is 7.49. The van der Waals surface area contributed by atoms with Gasteiger partial charge in [-0.25, -0.2) is 0 Å². The molecule has 1 aliphatic rings. The smallest absolute Gasteiger partial charge is 0.251 e. The van der Waals surface area contributed by atoms with E-state index in [1.807, 2.05) is 13.0 Å². The Labute approximate surface area is 106 Å². The molecule has 0 radical (unpaired) electrons. The zero-order valence-corrected chi connectivity index (χ0v) is 10.6. The highest BCUT2D eigenvalue weighted by molar-refractivity contribution is 6.31. The van der Waals surface area contributed by atoms with Crippen molar-refractivity contribution in [3.8, 4) is 0 Å². The molecule has 92 valence electrons. The number of rotatable bonds is 2. The van der Waals surface area contributed by atoms with E-state index in [9.17, 15) is 4.79 Å². The fraction of sp³-hybridized carbons (Fsp3) is 0.462. The van der Waals surface area contributed by atoms with Gasteiger partial charge in [-0.05, 0) is 43.9 Å². The van der Waals surface area contributed by atoms with Crippen LogP contribution in [0.3, 0.4) is 0 Å². The molecule has 1 aliphatic carbocycles. The van der Waals surface area contributed by atoms with Crippen molar-refractivity contribution in [3.63, 3.8) is 0 Å². The first-order valence-electron chi connectivity index (χ1n) is 5.90. The fourth-order valence-corrected chi connectivity index (χ4v) is 2.33. The van der Waals surface area contributed by atoms with Gasteiger partial charge < -0.3 is 11.1 Å². The second-order valence-electron chi connectivity index (χ2n) is 4.64. The van der Waals surface area contributed by atoms with Crippen LogP contribution in [0.5, 0.6) is 0 Å². The number of hydrogen-bond acceptors (Lipinski definition) is 2. The van der Waals surface area contributed by atoms with Gasteiger partial charge in [-0.15, -0.1) is 0 Å². The Hall–Kier alpha value is -1.06. The van der Waals surface area contributed by atoms with Crippen molar-refractivity contribution in [1.29, 1.82) is 0 Å². The van der Waals surface area contributed by atoms with Gasteiger partial charge in [0.05, 0.1) is 0 Å². The third-order valence-corrected chi connectivity index (χ3v) is 3.73. The van der Waals surface area contributed by atoms with Gasteiger partial charge in [-0.2, -0.15) is 0 Å². The summed E-state index contributed by atoms with van der Waals surface area (Å²) in [6.07, 6.45) is 3.03. The predicted octanol–water partition coefficient (Wildman–Crippen LogP) is 2.26. The van der Waals surface area contributed by atoms with Gasteiger partial charge in [0, 0.05) is 22.7 Å². The number of amides is 1. The van der Waals surface area contributed by atoms with Crippen LogP contribution in [-0.4, -0.2) is 18.0 Å². The lowest BCUT2D eigenvalue weighted by Crippen LogP contribution is -2.43. The van der Waals surface area contributed by atoms with Crippen LogP contribution in [-0.2, 0) is 0 Å². The summed E-state index contributed by atoms with van der Waals surface area (Å²) < 4.78 is 0. The maximum Gasteiger partial charge on any atom is 0.251 e. The zero-order valence-electron chi connectivity index (χ0n) is 9.87. The lowest BCUT2D eigenvalue weighted by molar-refractivity contribution is 0.0934. The number of nitrogens with one attached hydrogen (secondary N) is 1. The first-order valence-corrected chi connectivity index (χ1v) is 6.28. The molecule has 3 nitrogen and oxygen atoms in total. The van der Waals surface area contributed by atoms with Crippen LogP contribution in [0.2, 0.25) is 5.02 Å². The van der Waals surface area contributed by atoms with Crippen molar-refractivity contribution in [3.05, 3.63) is 34.3 Å². The van der Waals surface area contributed by atoms with E-state index in [1.165, 1.54) is 0 Å². The molecule has 4 heteroatoms. The molecule has 2 atom stereocenters. The molecule has 0 bridgehead atoms. The molecule has 1 amide bonds. The maximum absolute atomic E-state index is 12.0. The lowest BCUT2D eigenvalue weighted by Gasteiger charge is -2.17. The summed E-state index contributed by atoms with van der Waals surface area (Å²) >= 11 is 6.00. The molecular weight excluding hydrogens is 236 g/mol. The number of aryl methyl sites for hydroxylation is 1. The molecule has 1 aromatic rings. The Bertz CT molecular complexity index is 433. The lowest BCUT2D eigenvalue weighted by atomic mass is 10.1. The van der Waals surface area contributed by atoms with E-state index in [1.54, 1.807) is 12.1 Å². The number of nitrogens with two attached hydrogens (primary N) is 1. The summed E-state index contributed by atoms with van der Waals surface area (Å²) in [7, 11) is 0. The van der Waals surface area contributed by atoms with E-state index in [2.05, 4.69) is 5.32 Å². The van der Waals surface area contributed by atoms with E-state index in [4.69, 9.17) is 17.3 Å². The molecule has 17 heavy (non-hydrogen) atoms.